The molecule has 1 saturated carbocycles. The number of nitrogens with zero attached hydrogens (tertiary/aromatic N) is 1. The molecule has 1 aromatic heterocycles. The molecule has 1 heterocycles. The summed E-state index contributed by atoms with van der Waals surface area (Å²) in [5, 5.41) is 3.89. The number of carbonyl (C=O) groups is 2. The molecule has 0 spiro atoms. The number of aromatic nitrogens is 1. The Morgan fingerprint density at radius 1 is 1.12 bits per heavy atom. The summed E-state index contributed by atoms with van der Waals surface area (Å²) in [6, 6.07) is 9.25. The standard InChI is InChI=1S/C20H24N2O3/c1-14(19(23)22-16-10-4-2-3-5-11-16)25-20(24)17-12-6-8-15-9-7-13-21-18(15)17/h6-9,12-14,16H,2-5,10-11H2,1H3,(H,22,23)/t14-/m0/s1. The Kier molecular flexibility index (Phi) is 5.64. The van der Waals surface area contributed by atoms with Gasteiger partial charge in [0.2, 0.25) is 0 Å². The van der Waals surface area contributed by atoms with Gasteiger partial charge in [0.1, 0.15) is 0 Å². The van der Waals surface area contributed by atoms with E-state index in [2.05, 4.69) is 10.3 Å². The molecular weight excluding hydrogens is 316 g/mol. The Bertz CT molecular complexity index is 746. The van der Waals surface area contributed by atoms with Gasteiger partial charge < -0.3 is 10.1 Å². The highest BCUT2D eigenvalue weighted by Crippen LogP contribution is 2.19. The largest absolute Gasteiger partial charge is 0.449 e. The molecule has 25 heavy (non-hydrogen) atoms. The predicted octanol–water partition coefficient (Wildman–Crippen LogP) is 3.62. The Morgan fingerprint density at radius 3 is 2.60 bits per heavy atom. The third-order valence-electron chi connectivity index (χ3n) is 4.71. The number of ether oxygens (including phenoxy) is 1. The number of benzene rings is 1. The number of esters is 1. The van der Waals surface area contributed by atoms with Gasteiger partial charge in [-0.2, -0.15) is 0 Å². The lowest BCUT2D eigenvalue weighted by Crippen LogP contribution is -2.41. The van der Waals surface area contributed by atoms with E-state index in [1.165, 1.54) is 12.8 Å². The minimum Gasteiger partial charge on any atom is -0.449 e. The quantitative estimate of drug-likeness (QED) is 0.682. The van der Waals surface area contributed by atoms with Crippen molar-refractivity contribution in [1.82, 2.24) is 10.3 Å². The molecule has 1 aliphatic rings. The number of pyridine rings is 1. The zero-order valence-electron chi connectivity index (χ0n) is 14.5. The van der Waals surface area contributed by atoms with E-state index < -0.39 is 12.1 Å². The summed E-state index contributed by atoms with van der Waals surface area (Å²) in [4.78, 5) is 29.1. The van der Waals surface area contributed by atoms with Crippen molar-refractivity contribution >= 4 is 22.8 Å². The summed E-state index contributed by atoms with van der Waals surface area (Å²) in [6.07, 6.45) is 7.55. The maximum Gasteiger partial charge on any atom is 0.341 e. The molecule has 1 amide bonds. The summed E-state index contributed by atoms with van der Waals surface area (Å²) >= 11 is 0. The number of nitrogens with one attached hydrogen (secondary N) is 1. The van der Waals surface area contributed by atoms with Crippen LogP contribution in [0.3, 0.4) is 0 Å². The van der Waals surface area contributed by atoms with Crippen LogP contribution in [0.4, 0.5) is 0 Å². The van der Waals surface area contributed by atoms with E-state index >= 15 is 0 Å². The highest BCUT2D eigenvalue weighted by atomic mass is 16.5. The molecule has 1 aliphatic carbocycles. The minimum atomic E-state index is -0.824. The second-order valence-electron chi connectivity index (χ2n) is 6.63. The topological polar surface area (TPSA) is 68.3 Å². The van der Waals surface area contributed by atoms with Gasteiger partial charge in [0.25, 0.3) is 5.91 Å². The van der Waals surface area contributed by atoms with E-state index in [1.54, 1.807) is 25.3 Å². The second-order valence-corrected chi connectivity index (χ2v) is 6.63. The van der Waals surface area contributed by atoms with Crippen LogP contribution in [0, 0.1) is 0 Å². The summed E-state index contributed by atoms with van der Waals surface area (Å²) in [7, 11) is 0. The molecule has 1 aromatic carbocycles. The summed E-state index contributed by atoms with van der Waals surface area (Å²) in [6.45, 7) is 1.61. The summed E-state index contributed by atoms with van der Waals surface area (Å²) in [5.74, 6) is -0.749. The number of para-hydroxylation sites is 1. The van der Waals surface area contributed by atoms with Crippen molar-refractivity contribution in [1.29, 1.82) is 0 Å². The Labute approximate surface area is 147 Å². The lowest BCUT2D eigenvalue weighted by molar-refractivity contribution is -0.129. The molecule has 0 bridgehead atoms. The predicted molar refractivity (Wildman–Crippen MR) is 96.3 cm³/mol. The number of hydrogen-bond donors (Lipinski definition) is 1. The molecule has 2 aromatic rings. The van der Waals surface area contributed by atoms with Crippen molar-refractivity contribution in [2.75, 3.05) is 0 Å². The van der Waals surface area contributed by atoms with E-state index in [1.807, 2.05) is 18.2 Å². The van der Waals surface area contributed by atoms with Gasteiger partial charge in [-0.1, -0.05) is 43.9 Å². The number of rotatable bonds is 4. The van der Waals surface area contributed by atoms with Gasteiger partial charge in [0.05, 0.1) is 11.1 Å². The van der Waals surface area contributed by atoms with Crippen LogP contribution < -0.4 is 5.32 Å². The van der Waals surface area contributed by atoms with Gasteiger partial charge >= 0.3 is 5.97 Å². The molecular formula is C20H24N2O3. The fourth-order valence-corrected chi connectivity index (χ4v) is 3.29. The fraction of sp³-hybridized carbons (Fsp3) is 0.450. The van der Waals surface area contributed by atoms with Crippen LogP contribution in [-0.2, 0) is 9.53 Å². The fourth-order valence-electron chi connectivity index (χ4n) is 3.29. The van der Waals surface area contributed by atoms with Crippen LogP contribution in [0.25, 0.3) is 10.9 Å². The molecule has 132 valence electrons. The average molecular weight is 340 g/mol. The minimum absolute atomic E-state index is 0.190. The van der Waals surface area contributed by atoms with Crippen LogP contribution in [0.15, 0.2) is 36.5 Å². The molecule has 0 aliphatic heterocycles. The van der Waals surface area contributed by atoms with E-state index in [-0.39, 0.29) is 11.9 Å². The van der Waals surface area contributed by atoms with E-state index in [4.69, 9.17) is 4.74 Å². The van der Waals surface area contributed by atoms with Crippen LogP contribution in [0.2, 0.25) is 0 Å². The number of fused-ring (bicyclic) bond motifs is 1. The molecule has 5 nitrogen and oxygen atoms in total. The first-order valence-corrected chi connectivity index (χ1v) is 9.00. The number of hydrogen-bond acceptors (Lipinski definition) is 4. The molecule has 0 radical (unpaired) electrons. The van der Waals surface area contributed by atoms with Crippen LogP contribution in [0.1, 0.15) is 55.8 Å². The third-order valence-corrected chi connectivity index (χ3v) is 4.71. The second kappa shape index (κ2) is 8.10. The molecule has 3 rings (SSSR count). The van der Waals surface area contributed by atoms with E-state index in [0.29, 0.717) is 11.1 Å². The Balaban J connectivity index is 1.64. The summed E-state index contributed by atoms with van der Waals surface area (Å²) in [5.41, 5.74) is 0.971. The van der Waals surface area contributed by atoms with Crippen molar-refractivity contribution in [2.45, 2.75) is 57.6 Å². The Morgan fingerprint density at radius 2 is 1.84 bits per heavy atom. The Hall–Kier alpha value is -2.43. The van der Waals surface area contributed by atoms with E-state index in [0.717, 1.165) is 31.1 Å². The maximum atomic E-state index is 12.5. The first kappa shape index (κ1) is 17.4. The highest BCUT2D eigenvalue weighted by Gasteiger charge is 2.23. The molecule has 1 fully saturated rings. The zero-order valence-corrected chi connectivity index (χ0v) is 14.5. The number of carbonyl (C=O) groups excluding carboxylic acids is 2. The van der Waals surface area contributed by atoms with Crippen molar-refractivity contribution in [3.63, 3.8) is 0 Å². The monoisotopic (exact) mass is 340 g/mol. The maximum absolute atomic E-state index is 12.5. The van der Waals surface area contributed by atoms with Crippen LogP contribution in [-0.4, -0.2) is 29.0 Å². The SMILES string of the molecule is C[C@H](OC(=O)c1cccc2cccnc12)C(=O)NC1CCCCCC1. The molecule has 1 atom stereocenters. The molecule has 0 saturated heterocycles. The van der Waals surface area contributed by atoms with Crippen molar-refractivity contribution < 1.29 is 14.3 Å². The van der Waals surface area contributed by atoms with Gasteiger partial charge in [-0.15, -0.1) is 0 Å². The molecule has 1 N–H and O–H groups in total. The van der Waals surface area contributed by atoms with Gasteiger partial charge in [-0.25, -0.2) is 4.79 Å². The van der Waals surface area contributed by atoms with Crippen LogP contribution in [0.5, 0.6) is 0 Å². The average Bonchev–Trinajstić information content (AvgIpc) is 2.89. The lowest BCUT2D eigenvalue weighted by atomic mass is 10.1. The smallest absolute Gasteiger partial charge is 0.341 e. The normalized spacial score (nSPS) is 16.8. The molecule has 5 heteroatoms. The van der Waals surface area contributed by atoms with E-state index in [9.17, 15) is 9.59 Å². The first-order valence-electron chi connectivity index (χ1n) is 9.00. The van der Waals surface area contributed by atoms with Gasteiger partial charge in [-0.05, 0) is 31.9 Å². The summed E-state index contributed by atoms with van der Waals surface area (Å²) < 4.78 is 5.39. The zero-order chi connectivity index (χ0) is 17.6. The van der Waals surface area contributed by atoms with Gasteiger partial charge in [-0.3, -0.25) is 9.78 Å². The van der Waals surface area contributed by atoms with Crippen molar-refractivity contribution in [2.24, 2.45) is 0 Å². The third kappa shape index (κ3) is 4.35. The van der Waals surface area contributed by atoms with Crippen LogP contribution >= 0.6 is 0 Å². The lowest BCUT2D eigenvalue weighted by Gasteiger charge is -2.19. The highest BCUT2D eigenvalue weighted by molar-refractivity contribution is 6.03. The number of amides is 1. The van der Waals surface area contributed by atoms with Gasteiger partial charge in [0.15, 0.2) is 6.10 Å². The van der Waals surface area contributed by atoms with Crippen molar-refractivity contribution in [3.8, 4) is 0 Å². The molecule has 0 unspecified atom stereocenters. The first-order chi connectivity index (χ1) is 12.1. The van der Waals surface area contributed by atoms with Crippen molar-refractivity contribution in [3.05, 3.63) is 42.1 Å². The van der Waals surface area contributed by atoms with Gasteiger partial charge in [0, 0.05) is 17.6 Å².